The van der Waals surface area contributed by atoms with Crippen LogP contribution in [0.3, 0.4) is 0 Å². The summed E-state index contributed by atoms with van der Waals surface area (Å²) in [5.74, 6) is -0.00421. The third-order valence-electron chi connectivity index (χ3n) is 3.59. The Morgan fingerprint density at radius 1 is 1.30 bits per heavy atom. The van der Waals surface area contributed by atoms with Crippen LogP contribution >= 0.6 is 15.9 Å². The molecule has 1 aliphatic rings. The molecule has 0 aliphatic carbocycles. The molecule has 2 aromatic carbocycles. The zero-order valence-corrected chi connectivity index (χ0v) is 12.7. The number of halogens is 1. The number of para-hydroxylation sites is 1. The standard InChI is InChI=1S/C16H15BrN2O/c1-10-6-11-4-2-3-5-15(11)19(10)16(20)12-7-13(17)9-14(18)8-12/h2-5,7-10H,6,18H2,1H3. The van der Waals surface area contributed by atoms with Crippen molar-refractivity contribution in [1.29, 1.82) is 0 Å². The summed E-state index contributed by atoms with van der Waals surface area (Å²) >= 11 is 3.39. The molecular formula is C16H15BrN2O. The first-order valence-electron chi connectivity index (χ1n) is 6.54. The van der Waals surface area contributed by atoms with Crippen molar-refractivity contribution in [2.75, 3.05) is 10.6 Å². The minimum atomic E-state index is -0.00421. The van der Waals surface area contributed by atoms with Crippen molar-refractivity contribution in [2.24, 2.45) is 0 Å². The maximum Gasteiger partial charge on any atom is 0.258 e. The lowest BCUT2D eigenvalue weighted by Crippen LogP contribution is -2.35. The normalized spacial score (nSPS) is 17.1. The molecule has 2 N–H and O–H groups in total. The van der Waals surface area contributed by atoms with E-state index in [2.05, 4.69) is 28.9 Å². The van der Waals surface area contributed by atoms with Crippen LogP contribution in [0.2, 0.25) is 0 Å². The smallest absolute Gasteiger partial charge is 0.258 e. The fourth-order valence-electron chi connectivity index (χ4n) is 2.75. The van der Waals surface area contributed by atoms with Crippen molar-refractivity contribution in [2.45, 2.75) is 19.4 Å². The van der Waals surface area contributed by atoms with Gasteiger partial charge in [0, 0.05) is 27.5 Å². The fraction of sp³-hybridized carbons (Fsp3) is 0.188. The van der Waals surface area contributed by atoms with E-state index >= 15 is 0 Å². The summed E-state index contributed by atoms with van der Waals surface area (Å²) in [6.07, 6.45) is 0.894. The van der Waals surface area contributed by atoms with Gasteiger partial charge in [0.2, 0.25) is 0 Å². The highest BCUT2D eigenvalue weighted by atomic mass is 79.9. The van der Waals surface area contributed by atoms with E-state index in [1.807, 2.05) is 29.2 Å². The highest BCUT2D eigenvalue weighted by molar-refractivity contribution is 9.10. The maximum absolute atomic E-state index is 12.8. The predicted octanol–water partition coefficient (Wildman–Crippen LogP) is 3.62. The highest BCUT2D eigenvalue weighted by Crippen LogP contribution is 2.33. The number of fused-ring (bicyclic) bond motifs is 1. The van der Waals surface area contributed by atoms with E-state index in [-0.39, 0.29) is 11.9 Å². The number of nitrogen functional groups attached to an aromatic ring is 1. The molecule has 3 rings (SSSR count). The van der Waals surface area contributed by atoms with Crippen molar-refractivity contribution in [1.82, 2.24) is 0 Å². The van der Waals surface area contributed by atoms with Crippen LogP contribution in [-0.2, 0) is 6.42 Å². The van der Waals surface area contributed by atoms with Gasteiger partial charge in [0.1, 0.15) is 0 Å². The third kappa shape index (κ3) is 2.20. The molecule has 1 aliphatic heterocycles. The SMILES string of the molecule is CC1Cc2ccccc2N1C(=O)c1cc(N)cc(Br)c1. The van der Waals surface area contributed by atoms with Crippen molar-refractivity contribution < 1.29 is 4.79 Å². The van der Waals surface area contributed by atoms with Gasteiger partial charge in [-0.3, -0.25) is 4.79 Å². The van der Waals surface area contributed by atoms with E-state index in [9.17, 15) is 4.79 Å². The fourth-order valence-corrected chi connectivity index (χ4v) is 3.26. The lowest BCUT2D eigenvalue weighted by molar-refractivity contribution is 0.0981. The van der Waals surface area contributed by atoms with Crippen molar-refractivity contribution >= 4 is 33.2 Å². The first-order valence-corrected chi connectivity index (χ1v) is 7.33. The molecule has 1 amide bonds. The van der Waals surface area contributed by atoms with Gasteiger partial charge < -0.3 is 10.6 Å². The van der Waals surface area contributed by atoms with Gasteiger partial charge in [0.25, 0.3) is 5.91 Å². The van der Waals surface area contributed by atoms with Crippen molar-refractivity contribution in [3.8, 4) is 0 Å². The molecular weight excluding hydrogens is 316 g/mol. The van der Waals surface area contributed by atoms with E-state index in [0.717, 1.165) is 16.6 Å². The van der Waals surface area contributed by atoms with Gasteiger partial charge in [0.05, 0.1) is 0 Å². The second-order valence-electron chi connectivity index (χ2n) is 5.13. The number of amides is 1. The van der Waals surface area contributed by atoms with E-state index in [1.165, 1.54) is 5.56 Å². The molecule has 0 fully saturated rings. The van der Waals surface area contributed by atoms with Gasteiger partial charge >= 0.3 is 0 Å². The van der Waals surface area contributed by atoms with Crippen LogP contribution in [0.15, 0.2) is 46.9 Å². The van der Waals surface area contributed by atoms with Crippen molar-refractivity contribution in [3.05, 3.63) is 58.1 Å². The molecule has 0 bridgehead atoms. The largest absolute Gasteiger partial charge is 0.399 e. The first-order chi connectivity index (χ1) is 9.56. The Morgan fingerprint density at radius 3 is 2.80 bits per heavy atom. The van der Waals surface area contributed by atoms with Crippen LogP contribution < -0.4 is 10.6 Å². The number of carbonyl (C=O) groups is 1. The van der Waals surface area contributed by atoms with Gasteiger partial charge in [-0.25, -0.2) is 0 Å². The zero-order valence-electron chi connectivity index (χ0n) is 11.1. The quantitative estimate of drug-likeness (QED) is 0.811. The minimum Gasteiger partial charge on any atom is -0.399 e. The number of rotatable bonds is 1. The number of anilines is 2. The van der Waals surface area contributed by atoms with Gasteiger partial charge in [-0.1, -0.05) is 34.1 Å². The zero-order chi connectivity index (χ0) is 14.3. The van der Waals surface area contributed by atoms with Crippen LogP contribution in [0.4, 0.5) is 11.4 Å². The molecule has 1 unspecified atom stereocenters. The highest BCUT2D eigenvalue weighted by Gasteiger charge is 2.31. The summed E-state index contributed by atoms with van der Waals surface area (Å²) in [6, 6.07) is 13.5. The van der Waals surface area contributed by atoms with Gasteiger partial charge in [-0.2, -0.15) is 0 Å². The second-order valence-corrected chi connectivity index (χ2v) is 6.05. The molecule has 3 nitrogen and oxygen atoms in total. The topological polar surface area (TPSA) is 46.3 Å². The molecule has 0 spiro atoms. The third-order valence-corrected chi connectivity index (χ3v) is 4.05. The molecule has 102 valence electrons. The molecule has 0 saturated heterocycles. The van der Waals surface area contributed by atoms with Gasteiger partial charge in [-0.05, 0) is 43.2 Å². The molecule has 0 saturated carbocycles. The summed E-state index contributed by atoms with van der Waals surface area (Å²) in [4.78, 5) is 14.6. The predicted molar refractivity (Wildman–Crippen MR) is 85.0 cm³/mol. The minimum absolute atomic E-state index is 0.00421. The number of hydrogen-bond acceptors (Lipinski definition) is 2. The molecule has 0 radical (unpaired) electrons. The molecule has 1 atom stereocenters. The summed E-state index contributed by atoms with van der Waals surface area (Å²) in [5, 5.41) is 0. The lowest BCUT2D eigenvalue weighted by atomic mass is 10.1. The summed E-state index contributed by atoms with van der Waals surface area (Å²) in [7, 11) is 0. The molecule has 2 aromatic rings. The van der Waals surface area contributed by atoms with E-state index in [4.69, 9.17) is 5.73 Å². The van der Waals surface area contributed by atoms with E-state index in [1.54, 1.807) is 12.1 Å². The molecule has 20 heavy (non-hydrogen) atoms. The van der Waals surface area contributed by atoms with Crippen molar-refractivity contribution in [3.63, 3.8) is 0 Å². The molecule has 0 aromatic heterocycles. The number of carbonyl (C=O) groups excluding carboxylic acids is 1. The maximum atomic E-state index is 12.8. The Balaban J connectivity index is 2.02. The van der Waals surface area contributed by atoms with Gasteiger partial charge in [0.15, 0.2) is 0 Å². The number of nitrogens with two attached hydrogens (primary N) is 1. The van der Waals surface area contributed by atoms with Gasteiger partial charge in [-0.15, -0.1) is 0 Å². The van der Waals surface area contributed by atoms with E-state index in [0.29, 0.717) is 11.3 Å². The lowest BCUT2D eigenvalue weighted by Gasteiger charge is -2.23. The Kier molecular flexibility index (Phi) is 3.26. The summed E-state index contributed by atoms with van der Waals surface area (Å²) in [6.45, 7) is 2.07. The number of hydrogen-bond donors (Lipinski definition) is 1. The van der Waals surface area contributed by atoms with E-state index < -0.39 is 0 Å². The summed E-state index contributed by atoms with van der Waals surface area (Å²) in [5.41, 5.74) is 9.24. The van der Waals surface area contributed by atoms with Crippen LogP contribution in [0, 0.1) is 0 Å². The number of nitrogens with zero attached hydrogens (tertiary/aromatic N) is 1. The summed E-state index contributed by atoms with van der Waals surface area (Å²) < 4.78 is 0.820. The molecule has 1 heterocycles. The Bertz CT molecular complexity index is 664. The Morgan fingerprint density at radius 2 is 2.05 bits per heavy atom. The molecule has 4 heteroatoms. The van der Waals surface area contributed by atoms with Crippen LogP contribution in [0.1, 0.15) is 22.8 Å². The van der Waals surface area contributed by atoms with Crippen LogP contribution in [0.5, 0.6) is 0 Å². The van der Waals surface area contributed by atoms with Crippen LogP contribution in [0.25, 0.3) is 0 Å². The average molecular weight is 331 g/mol. The van der Waals surface area contributed by atoms with Crippen LogP contribution in [-0.4, -0.2) is 11.9 Å². The number of benzene rings is 2. The monoisotopic (exact) mass is 330 g/mol. The Labute approximate surface area is 126 Å². The second kappa shape index (κ2) is 4.94. The first kappa shape index (κ1) is 13.2. The Hall–Kier alpha value is -1.81. The average Bonchev–Trinajstić information content (AvgIpc) is 2.72.